The van der Waals surface area contributed by atoms with Gasteiger partial charge in [0, 0.05) is 11.8 Å². The first-order chi connectivity index (χ1) is 10.4. The number of hydrogen-bond acceptors (Lipinski definition) is 3. The minimum atomic E-state index is 0.552. The highest BCUT2D eigenvalue weighted by Gasteiger charge is 2.09. The minimum Gasteiger partial charge on any atom is -0.435 e. The van der Waals surface area contributed by atoms with Gasteiger partial charge in [0.25, 0.3) is 0 Å². The van der Waals surface area contributed by atoms with Crippen molar-refractivity contribution in [2.75, 3.05) is 0 Å². The molecule has 0 N–H and O–H groups in total. The molecule has 0 aliphatic heterocycles. The Hall–Kier alpha value is -2.94. The average Bonchev–Trinajstić information content (AvgIpc) is 3.00. The van der Waals surface area contributed by atoms with Crippen molar-refractivity contribution in [3.63, 3.8) is 0 Å². The molecule has 2 aromatic carbocycles. The lowest BCUT2D eigenvalue weighted by molar-refractivity contribution is 0.617. The second-order valence-corrected chi connectivity index (χ2v) is 4.78. The Morgan fingerprint density at radius 1 is 0.714 bits per heavy atom. The number of oxazole rings is 1. The third kappa shape index (κ3) is 2.19. The van der Waals surface area contributed by atoms with Gasteiger partial charge in [-0.3, -0.25) is 4.98 Å². The van der Waals surface area contributed by atoms with E-state index in [1.54, 1.807) is 0 Å². The van der Waals surface area contributed by atoms with Crippen LogP contribution in [0.1, 0.15) is 0 Å². The van der Waals surface area contributed by atoms with Gasteiger partial charge in [0.15, 0.2) is 5.58 Å². The van der Waals surface area contributed by atoms with E-state index >= 15 is 0 Å². The van der Waals surface area contributed by atoms with Gasteiger partial charge in [0.05, 0.1) is 0 Å². The molecule has 0 spiro atoms. The van der Waals surface area contributed by atoms with Crippen LogP contribution in [-0.4, -0.2) is 9.97 Å². The molecule has 0 bridgehead atoms. The van der Waals surface area contributed by atoms with Gasteiger partial charge in [-0.15, -0.1) is 0 Å². The topological polar surface area (TPSA) is 38.9 Å². The zero-order valence-corrected chi connectivity index (χ0v) is 11.2. The third-order valence-corrected chi connectivity index (χ3v) is 3.38. The molecule has 4 rings (SSSR count). The summed E-state index contributed by atoms with van der Waals surface area (Å²) in [5.74, 6) is 0.552. The van der Waals surface area contributed by atoms with Gasteiger partial charge in [0.2, 0.25) is 5.89 Å². The molecule has 3 nitrogen and oxygen atoms in total. The van der Waals surface area contributed by atoms with Crippen molar-refractivity contribution < 1.29 is 4.42 Å². The number of pyridine rings is 1. The van der Waals surface area contributed by atoms with E-state index in [1.165, 1.54) is 0 Å². The van der Waals surface area contributed by atoms with E-state index < -0.39 is 0 Å². The van der Waals surface area contributed by atoms with Crippen molar-refractivity contribution >= 4 is 11.1 Å². The van der Waals surface area contributed by atoms with Gasteiger partial charge in [-0.1, -0.05) is 48.5 Å². The van der Waals surface area contributed by atoms with E-state index in [2.05, 4.69) is 22.1 Å². The van der Waals surface area contributed by atoms with Crippen molar-refractivity contribution in [2.45, 2.75) is 0 Å². The van der Waals surface area contributed by atoms with Crippen LogP contribution in [0.3, 0.4) is 0 Å². The van der Waals surface area contributed by atoms with Crippen LogP contribution < -0.4 is 0 Å². The molecular formula is C18H12N2O. The first-order valence-electron chi connectivity index (χ1n) is 6.77. The van der Waals surface area contributed by atoms with Crippen LogP contribution in [-0.2, 0) is 0 Å². The molecule has 0 amide bonds. The Kier molecular flexibility index (Phi) is 2.75. The standard InChI is InChI=1S/C18H12N2O/c1-2-6-13(7-3-1)14-10-11-16(19-12-14)18-20-15-8-4-5-9-17(15)21-18/h1-12H. The molecule has 0 aliphatic rings. The monoisotopic (exact) mass is 272 g/mol. The van der Waals surface area contributed by atoms with Gasteiger partial charge in [-0.05, 0) is 23.8 Å². The number of nitrogens with zero attached hydrogens (tertiary/aromatic N) is 2. The van der Waals surface area contributed by atoms with Gasteiger partial charge in [-0.2, -0.15) is 0 Å². The molecular weight excluding hydrogens is 260 g/mol. The Labute approximate surface area is 121 Å². The van der Waals surface area contributed by atoms with E-state index in [9.17, 15) is 0 Å². The van der Waals surface area contributed by atoms with Crippen LogP contribution in [0.25, 0.3) is 33.8 Å². The molecule has 0 atom stereocenters. The first-order valence-corrected chi connectivity index (χ1v) is 6.77. The number of para-hydroxylation sites is 2. The van der Waals surface area contributed by atoms with E-state index in [1.807, 2.05) is 60.8 Å². The molecule has 0 aliphatic carbocycles. The second-order valence-electron chi connectivity index (χ2n) is 4.78. The fraction of sp³-hybridized carbons (Fsp3) is 0. The minimum absolute atomic E-state index is 0.552. The second kappa shape index (κ2) is 4.87. The molecule has 0 unspecified atom stereocenters. The molecule has 0 radical (unpaired) electrons. The van der Waals surface area contributed by atoms with Crippen molar-refractivity contribution in [1.82, 2.24) is 9.97 Å². The lowest BCUT2D eigenvalue weighted by Gasteiger charge is -2.01. The largest absolute Gasteiger partial charge is 0.435 e. The lowest BCUT2D eigenvalue weighted by Crippen LogP contribution is -1.84. The summed E-state index contributed by atoms with van der Waals surface area (Å²) in [6.45, 7) is 0. The van der Waals surface area contributed by atoms with Crippen LogP contribution in [0.5, 0.6) is 0 Å². The van der Waals surface area contributed by atoms with E-state index in [0.29, 0.717) is 5.89 Å². The molecule has 0 saturated heterocycles. The van der Waals surface area contributed by atoms with Crippen LogP contribution in [0.2, 0.25) is 0 Å². The maximum absolute atomic E-state index is 5.73. The smallest absolute Gasteiger partial charge is 0.246 e. The third-order valence-electron chi connectivity index (χ3n) is 3.38. The number of hydrogen-bond donors (Lipinski definition) is 0. The van der Waals surface area contributed by atoms with Gasteiger partial charge < -0.3 is 4.42 Å². The molecule has 100 valence electrons. The lowest BCUT2D eigenvalue weighted by atomic mass is 10.1. The maximum atomic E-state index is 5.73. The SMILES string of the molecule is c1ccc(-c2ccc(-c3nc4ccccc4o3)nc2)cc1. The molecule has 2 heterocycles. The summed E-state index contributed by atoms with van der Waals surface area (Å²) in [6.07, 6.45) is 1.85. The Balaban J connectivity index is 1.73. The van der Waals surface area contributed by atoms with E-state index in [4.69, 9.17) is 4.42 Å². The quantitative estimate of drug-likeness (QED) is 0.537. The normalized spacial score (nSPS) is 10.9. The highest BCUT2D eigenvalue weighted by atomic mass is 16.3. The number of rotatable bonds is 2. The Morgan fingerprint density at radius 3 is 2.29 bits per heavy atom. The van der Waals surface area contributed by atoms with Crippen LogP contribution in [0.15, 0.2) is 77.3 Å². The fourth-order valence-electron chi connectivity index (χ4n) is 2.30. The highest BCUT2D eigenvalue weighted by molar-refractivity contribution is 5.75. The van der Waals surface area contributed by atoms with Crippen LogP contribution in [0, 0.1) is 0 Å². The predicted octanol–water partition coefficient (Wildman–Crippen LogP) is 4.56. The molecule has 0 fully saturated rings. The van der Waals surface area contributed by atoms with Gasteiger partial charge >= 0.3 is 0 Å². The Bertz CT molecular complexity index is 847. The molecule has 4 aromatic rings. The summed E-state index contributed by atoms with van der Waals surface area (Å²) in [4.78, 5) is 8.92. The van der Waals surface area contributed by atoms with Crippen LogP contribution in [0.4, 0.5) is 0 Å². The Morgan fingerprint density at radius 2 is 1.52 bits per heavy atom. The summed E-state index contributed by atoms with van der Waals surface area (Å²) in [5, 5.41) is 0. The summed E-state index contributed by atoms with van der Waals surface area (Å²) < 4.78 is 5.73. The fourth-order valence-corrected chi connectivity index (χ4v) is 2.30. The summed E-state index contributed by atoms with van der Waals surface area (Å²) in [5.41, 5.74) is 4.60. The van der Waals surface area contributed by atoms with Crippen molar-refractivity contribution in [1.29, 1.82) is 0 Å². The van der Waals surface area contributed by atoms with Gasteiger partial charge in [0.1, 0.15) is 11.2 Å². The van der Waals surface area contributed by atoms with Gasteiger partial charge in [-0.25, -0.2) is 4.98 Å². The summed E-state index contributed by atoms with van der Waals surface area (Å²) in [6, 6.07) is 21.9. The molecule has 0 saturated carbocycles. The van der Waals surface area contributed by atoms with E-state index in [-0.39, 0.29) is 0 Å². The number of aromatic nitrogens is 2. The first kappa shape index (κ1) is 11.9. The predicted molar refractivity (Wildman–Crippen MR) is 82.7 cm³/mol. The molecule has 2 aromatic heterocycles. The molecule has 21 heavy (non-hydrogen) atoms. The zero-order chi connectivity index (χ0) is 14.1. The average molecular weight is 272 g/mol. The van der Waals surface area contributed by atoms with Crippen molar-refractivity contribution in [3.05, 3.63) is 72.9 Å². The maximum Gasteiger partial charge on any atom is 0.246 e. The zero-order valence-electron chi connectivity index (χ0n) is 11.2. The highest BCUT2D eigenvalue weighted by Crippen LogP contribution is 2.24. The van der Waals surface area contributed by atoms with Crippen molar-refractivity contribution in [3.8, 4) is 22.7 Å². The number of fused-ring (bicyclic) bond motifs is 1. The summed E-state index contributed by atoms with van der Waals surface area (Å²) >= 11 is 0. The molecule has 3 heteroatoms. The van der Waals surface area contributed by atoms with Crippen molar-refractivity contribution in [2.24, 2.45) is 0 Å². The van der Waals surface area contributed by atoms with Crippen LogP contribution >= 0.6 is 0 Å². The number of benzene rings is 2. The van der Waals surface area contributed by atoms with E-state index in [0.717, 1.165) is 27.9 Å². The summed E-state index contributed by atoms with van der Waals surface area (Å²) in [7, 11) is 0.